The van der Waals surface area contributed by atoms with Gasteiger partial charge in [0.2, 0.25) is 0 Å². The fraction of sp³-hybridized carbons (Fsp3) is 0.200. The van der Waals surface area contributed by atoms with Crippen molar-refractivity contribution < 1.29 is 9.84 Å². The average Bonchev–Trinajstić information content (AvgIpc) is 2.37. The van der Waals surface area contributed by atoms with Gasteiger partial charge < -0.3 is 9.84 Å². The van der Waals surface area contributed by atoms with Crippen LogP contribution in [-0.2, 0) is 6.61 Å². The molecule has 0 saturated carbocycles. The molecule has 0 spiro atoms. The molecular weight excluding hydrogens is 283 g/mol. The molecule has 100 valence electrons. The molecule has 2 aromatic carbocycles. The summed E-state index contributed by atoms with van der Waals surface area (Å²) in [6.07, 6.45) is -0.631. The summed E-state index contributed by atoms with van der Waals surface area (Å²) in [4.78, 5) is 0. The predicted octanol–water partition coefficient (Wildman–Crippen LogP) is 4.63. The Morgan fingerprint density at radius 1 is 1.11 bits per heavy atom. The Hall–Kier alpha value is -1.22. The highest BCUT2D eigenvalue weighted by Gasteiger charge is 2.10. The number of aliphatic hydroxyl groups is 1. The highest BCUT2D eigenvalue weighted by atomic mass is 35.5. The minimum Gasteiger partial charge on any atom is -0.489 e. The van der Waals surface area contributed by atoms with Crippen molar-refractivity contribution >= 4 is 23.2 Å². The minimum atomic E-state index is -0.631. The molecule has 0 fully saturated rings. The molecule has 0 unspecified atom stereocenters. The number of benzene rings is 2. The highest BCUT2D eigenvalue weighted by molar-refractivity contribution is 6.30. The molecule has 0 aliphatic rings. The van der Waals surface area contributed by atoms with E-state index in [1.54, 1.807) is 25.1 Å². The molecule has 0 saturated heterocycles. The van der Waals surface area contributed by atoms with E-state index in [1.807, 2.05) is 24.3 Å². The van der Waals surface area contributed by atoms with Gasteiger partial charge in [-0.2, -0.15) is 0 Å². The van der Waals surface area contributed by atoms with Crippen LogP contribution in [0.1, 0.15) is 24.2 Å². The first kappa shape index (κ1) is 14.2. The maximum atomic E-state index is 9.71. The summed E-state index contributed by atoms with van der Waals surface area (Å²) in [5, 5.41) is 11.0. The highest BCUT2D eigenvalue weighted by Crippen LogP contribution is 2.29. The smallest absolute Gasteiger partial charge is 0.125 e. The van der Waals surface area contributed by atoms with Gasteiger partial charge in [-0.15, -0.1) is 0 Å². The predicted molar refractivity (Wildman–Crippen MR) is 77.9 cm³/mol. The van der Waals surface area contributed by atoms with Crippen LogP contribution in [0.5, 0.6) is 5.75 Å². The first-order valence-electron chi connectivity index (χ1n) is 5.91. The number of hydrogen-bond acceptors (Lipinski definition) is 2. The lowest BCUT2D eigenvalue weighted by atomic mass is 10.1. The molecule has 0 amide bonds. The van der Waals surface area contributed by atoms with E-state index in [4.69, 9.17) is 27.9 Å². The number of hydrogen-bond donors (Lipinski definition) is 1. The second-order valence-electron chi connectivity index (χ2n) is 4.28. The van der Waals surface area contributed by atoms with E-state index in [9.17, 15) is 5.11 Å². The minimum absolute atomic E-state index is 0.391. The lowest BCUT2D eigenvalue weighted by Gasteiger charge is -2.14. The van der Waals surface area contributed by atoms with Gasteiger partial charge >= 0.3 is 0 Å². The average molecular weight is 297 g/mol. The van der Waals surface area contributed by atoms with E-state index in [1.165, 1.54) is 0 Å². The quantitative estimate of drug-likeness (QED) is 0.891. The largest absolute Gasteiger partial charge is 0.489 e. The molecule has 0 aromatic heterocycles. The van der Waals surface area contributed by atoms with Crippen molar-refractivity contribution in [2.45, 2.75) is 19.6 Å². The van der Waals surface area contributed by atoms with Crippen LogP contribution in [0.4, 0.5) is 0 Å². The van der Waals surface area contributed by atoms with Crippen molar-refractivity contribution in [2.24, 2.45) is 0 Å². The summed E-state index contributed by atoms with van der Waals surface area (Å²) in [7, 11) is 0. The number of aliphatic hydroxyl groups excluding tert-OH is 1. The fourth-order valence-electron chi connectivity index (χ4n) is 1.77. The molecule has 19 heavy (non-hydrogen) atoms. The van der Waals surface area contributed by atoms with Crippen LogP contribution in [0.3, 0.4) is 0 Å². The van der Waals surface area contributed by atoms with E-state index in [-0.39, 0.29) is 0 Å². The second-order valence-corrected chi connectivity index (χ2v) is 5.15. The molecular formula is C15H14Cl2O2. The van der Waals surface area contributed by atoms with Crippen molar-refractivity contribution in [3.8, 4) is 5.75 Å². The van der Waals surface area contributed by atoms with Crippen LogP contribution in [0.2, 0.25) is 10.0 Å². The Balaban J connectivity index is 2.15. The molecule has 0 heterocycles. The molecule has 1 N–H and O–H groups in total. The van der Waals surface area contributed by atoms with Gasteiger partial charge in [-0.3, -0.25) is 0 Å². The van der Waals surface area contributed by atoms with E-state index in [0.29, 0.717) is 28.0 Å². The zero-order valence-electron chi connectivity index (χ0n) is 10.4. The molecule has 0 aliphatic heterocycles. The van der Waals surface area contributed by atoms with Crippen LogP contribution in [-0.4, -0.2) is 5.11 Å². The van der Waals surface area contributed by atoms with Gasteiger partial charge in [0.15, 0.2) is 0 Å². The van der Waals surface area contributed by atoms with Crippen molar-refractivity contribution in [1.82, 2.24) is 0 Å². The van der Waals surface area contributed by atoms with Crippen molar-refractivity contribution in [1.29, 1.82) is 0 Å². The SMILES string of the molecule is C[C@H](O)c1cc(Cl)ccc1OCc1cccc(Cl)c1. The van der Waals surface area contributed by atoms with Gasteiger partial charge in [0.1, 0.15) is 12.4 Å². The first-order chi connectivity index (χ1) is 9.06. The Bertz CT molecular complexity index is 568. The first-order valence-corrected chi connectivity index (χ1v) is 6.66. The molecule has 4 heteroatoms. The number of ether oxygens (including phenoxy) is 1. The summed E-state index contributed by atoms with van der Waals surface area (Å²) in [6, 6.07) is 12.7. The Morgan fingerprint density at radius 2 is 1.84 bits per heavy atom. The lowest BCUT2D eigenvalue weighted by Crippen LogP contribution is -2.01. The molecule has 2 rings (SSSR count). The Kier molecular flexibility index (Phi) is 4.70. The summed E-state index contributed by atoms with van der Waals surface area (Å²) >= 11 is 11.8. The zero-order chi connectivity index (χ0) is 13.8. The van der Waals surface area contributed by atoms with Gasteiger partial charge in [0, 0.05) is 15.6 Å². The van der Waals surface area contributed by atoms with E-state index in [2.05, 4.69) is 0 Å². The normalized spacial score (nSPS) is 12.2. The summed E-state index contributed by atoms with van der Waals surface area (Å²) in [6.45, 7) is 2.07. The summed E-state index contributed by atoms with van der Waals surface area (Å²) in [5.41, 5.74) is 1.65. The van der Waals surface area contributed by atoms with Crippen LogP contribution >= 0.6 is 23.2 Å². The summed E-state index contributed by atoms with van der Waals surface area (Å²) in [5.74, 6) is 0.624. The molecule has 1 atom stereocenters. The standard InChI is InChI=1S/C15H14Cl2O2/c1-10(18)14-8-13(17)5-6-15(14)19-9-11-3-2-4-12(16)7-11/h2-8,10,18H,9H2,1H3/t10-/m0/s1. The second kappa shape index (κ2) is 6.29. The monoisotopic (exact) mass is 296 g/mol. The maximum Gasteiger partial charge on any atom is 0.125 e. The Morgan fingerprint density at radius 3 is 2.53 bits per heavy atom. The zero-order valence-corrected chi connectivity index (χ0v) is 11.9. The van der Waals surface area contributed by atoms with Crippen LogP contribution in [0, 0.1) is 0 Å². The number of halogens is 2. The third-order valence-corrected chi connectivity index (χ3v) is 3.18. The molecule has 2 nitrogen and oxygen atoms in total. The molecule has 0 aliphatic carbocycles. The van der Waals surface area contributed by atoms with E-state index >= 15 is 0 Å². The number of rotatable bonds is 4. The molecule has 0 radical (unpaired) electrons. The molecule has 0 bridgehead atoms. The Labute approximate surface area is 122 Å². The van der Waals surface area contributed by atoms with Crippen molar-refractivity contribution in [2.75, 3.05) is 0 Å². The van der Waals surface area contributed by atoms with Crippen LogP contribution in [0.15, 0.2) is 42.5 Å². The van der Waals surface area contributed by atoms with Gasteiger partial charge in [0.05, 0.1) is 6.10 Å². The summed E-state index contributed by atoms with van der Waals surface area (Å²) < 4.78 is 5.72. The maximum absolute atomic E-state index is 9.71. The lowest BCUT2D eigenvalue weighted by molar-refractivity contribution is 0.190. The van der Waals surface area contributed by atoms with Gasteiger partial charge in [0.25, 0.3) is 0 Å². The van der Waals surface area contributed by atoms with Gasteiger partial charge in [-0.1, -0.05) is 35.3 Å². The van der Waals surface area contributed by atoms with E-state index in [0.717, 1.165) is 5.56 Å². The third kappa shape index (κ3) is 3.87. The van der Waals surface area contributed by atoms with Crippen molar-refractivity contribution in [3.63, 3.8) is 0 Å². The van der Waals surface area contributed by atoms with E-state index < -0.39 is 6.10 Å². The van der Waals surface area contributed by atoms with Gasteiger partial charge in [-0.25, -0.2) is 0 Å². The van der Waals surface area contributed by atoms with Crippen LogP contribution in [0.25, 0.3) is 0 Å². The third-order valence-electron chi connectivity index (χ3n) is 2.71. The fourth-order valence-corrected chi connectivity index (χ4v) is 2.16. The topological polar surface area (TPSA) is 29.5 Å². The van der Waals surface area contributed by atoms with Gasteiger partial charge in [-0.05, 0) is 42.8 Å². The molecule has 2 aromatic rings. The van der Waals surface area contributed by atoms with Crippen LogP contribution < -0.4 is 4.74 Å². The van der Waals surface area contributed by atoms with Crippen molar-refractivity contribution in [3.05, 3.63) is 63.6 Å².